The lowest BCUT2D eigenvalue weighted by molar-refractivity contribution is 0.506. The van der Waals surface area contributed by atoms with Gasteiger partial charge in [0.1, 0.15) is 0 Å². The van der Waals surface area contributed by atoms with E-state index in [1.807, 2.05) is 13.8 Å². The van der Waals surface area contributed by atoms with Crippen LogP contribution in [0.4, 0.5) is 0 Å². The van der Waals surface area contributed by atoms with Crippen molar-refractivity contribution in [3.63, 3.8) is 0 Å². The Kier molecular flexibility index (Phi) is 11.0. The summed E-state index contributed by atoms with van der Waals surface area (Å²) in [6.45, 7) is 6.13. The van der Waals surface area contributed by atoms with Crippen LogP contribution in [0.5, 0.6) is 0 Å². The molecule has 0 aliphatic heterocycles. The molecule has 0 fully saturated rings. The average molecular weight is 311 g/mol. The number of hydrogen-bond acceptors (Lipinski definition) is 0. The molecular formula is C23H34. The number of aryl methyl sites for hydroxylation is 1. The third kappa shape index (κ3) is 9.23. The highest BCUT2D eigenvalue weighted by Gasteiger charge is 2.07. The lowest BCUT2D eigenvalue weighted by Crippen LogP contribution is -2.02. The summed E-state index contributed by atoms with van der Waals surface area (Å²) in [5.41, 5.74) is 2.89. The van der Waals surface area contributed by atoms with Crippen molar-refractivity contribution < 1.29 is 0 Å². The number of hydrogen-bond donors (Lipinski definition) is 0. The molecule has 126 valence electrons. The monoisotopic (exact) mass is 310 g/mol. The van der Waals surface area contributed by atoms with E-state index in [1.54, 1.807) is 0 Å². The summed E-state index contributed by atoms with van der Waals surface area (Å²) in [7, 11) is 0. The number of allylic oxidation sites excluding steroid dienone is 6. The molecule has 0 bridgehead atoms. The van der Waals surface area contributed by atoms with Crippen molar-refractivity contribution in [1.29, 1.82) is 0 Å². The van der Waals surface area contributed by atoms with Crippen LogP contribution >= 0.6 is 0 Å². The van der Waals surface area contributed by atoms with Crippen molar-refractivity contribution in [3.05, 3.63) is 71.8 Å². The fourth-order valence-electron chi connectivity index (χ4n) is 2.86. The van der Waals surface area contributed by atoms with Crippen molar-refractivity contribution >= 4 is 0 Å². The molecule has 1 aromatic rings. The first-order valence-electron chi connectivity index (χ1n) is 9.38. The predicted molar refractivity (Wildman–Crippen MR) is 105 cm³/mol. The van der Waals surface area contributed by atoms with Crippen molar-refractivity contribution in [3.8, 4) is 0 Å². The lowest BCUT2D eigenvalue weighted by atomic mass is 9.90. The summed E-state index contributed by atoms with van der Waals surface area (Å²) in [4.78, 5) is 0. The van der Waals surface area contributed by atoms with Gasteiger partial charge in [0, 0.05) is 0 Å². The molecule has 0 nitrogen and oxygen atoms in total. The van der Waals surface area contributed by atoms with Crippen LogP contribution < -0.4 is 0 Å². The van der Waals surface area contributed by atoms with Crippen LogP contribution in [0.1, 0.15) is 64.9 Å². The van der Waals surface area contributed by atoms with Crippen molar-refractivity contribution in [2.75, 3.05) is 0 Å². The van der Waals surface area contributed by atoms with Gasteiger partial charge in [-0.2, -0.15) is 0 Å². The first-order valence-corrected chi connectivity index (χ1v) is 9.38. The second kappa shape index (κ2) is 12.9. The molecule has 0 radical (unpaired) electrons. The molecule has 23 heavy (non-hydrogen) atoms. The fraction of sp³-hybridized carbons (Fsp3) is 0.478. The molecule has 2 aliphatic carbocycles. The van der Waals surface area contributed by atoms with E-state index in [0.29, 0.717) is 0 Å². The van der Waals surface area contributed by atoms with Gasteiger partial charge in [0.2, 0.25) is 0 Å². The van der Waals surface area contributed by atoms with Crippen LogP contribution in [0, 0.1) is 5.92 Å². The third-order valence-corrected chi connectivity index (χ3v) is 4.18. The smallest absolute Gasteiger partial charge is 0.0230 e. The molecular weight excluding hydrogens is 276 g/mol. The number of rotatable bonds is 3. The van der Waals surface area contributed by atoms with E-state index in [1.165, 1.54) is 56.1 Å². The van der Waals surface area contributed by atoms with Gasteiger partial charge < -0.3 is 0 Å². The Labute approximate surface area is 144 Å². The minimum Gasteiger partial charge on any atom is -0.0883 e. The molecule has 1 unspecified atom stereocenters. The first kappa shape index (κ1) is 19.5. The maximum atomic E-state index is 2.41. The Bertz CT molecular complexity index is 476. The molecule has 0 saturated heterocycles. The van der Waals surface area contributed by atoms with Gasteiger partial charge in [0.15, 0.2) is 0 Å². The molecule has 0 aromatic heterocycles. The second-order valence-electron chi connectivity index (χ2n) is 6.07. The van der Waals surface area contributed by atoms with Crippen LogP contribution in [0.15, 0.2) is 66.3 Å². The van der Waals surface area contributed by atoms with Crippen molar-refractivity contribution in [2.24, 2.45) is 5.92 Å². The molecule has 0 N–H and O–H groups in total. The van der Waals surface area contributed by atoms with E-state index in [2.05, 4.69) is 67.6 Å². The van der Waals surface area contributed by atoms with E-state index in [0.717, 1.165) is 5.92 Å². The summed E-state index contributed by atoms with van der Waals surface area (Å²) >= 11 is 0. The standard InChI is InChI=1S/C14H18.C7H10.C2H6/c1-3-7-13(8-4-1)11-12-14-9-5-2-6-10-14;1-7-5-3-2-4-6-7;1-2/h1,3-5,7-9,14H,2,6,10-12H2;3,5-6H,2,4H2,1H3;1-2H3. The largest absolute Gasteiger partial charge is 0.0883 e. The van der Waals surface area contributed by atoms with E-state index < -0.39 is 0 Å². The zero-order chi connectivity index (χ0) is 16.8. The van der Waals surface area contributed by atoms with Gasteiger partial charge in [0.25, 0.3) is 0 Å². The average Bonchev–Trinajstić information content (AvgIpc) is 2.65. The minimum atomic E-state index is 0.837. The Morgan fingerprint density at radius 3 is 2.26 bits per heavy atom. The minimum absolute atomic E-state index is 0.837. The molecule has 0 heteroatoms. The van der Waals surface area contributed by atoms with Gasteiger partial charge in [-0.1, -0.05) is 80.1 Å². The maximum Gasteiger partial charge on any atom is -0.0230 e. The van der Waals surface area contributed by atoms with Crippen LogP contribution in [0.2, 0.25) is 0 Å². The normalized spacial score (nSPS) is 18.9. The van der Waals surface area contributed by atoms with Crippen LogP contribution in [0.3, 0.4) is 0 Å². The Morgan fingerprint density at radius 1 is 0.957 bits per heavy atom. The topological polar surface area (TPSA) is 0 Å². The zero-order valence-electron chi connectivity index (χ0n) is 15.3. The van der Waals surface area contributed by atoms with Crippen LogP contribution in [-0.2, 0) is 6.42 Å². The molecule has 0 heterocycles. The molecule has 0 spiro atoms. The summed E-state index contributed by atoms with van der Waals surface area (Å²) in [5.74, 6) is 0.837. The SMILES string of the molecule is C1=CC(CCc2ccccc2)CCC1.CC.CC1=CCCC=C1. The summed E-state index contributed by atoms with van der Waals surface area (Å²) in [6, 6.07) is 10.8. The highest BCUT2D eigenvalue weighted by molar-refractivity contribution is 5.19. The Hall–Kier alpha value is -1.56. The quantitative estimate of drug-likeness (QED) is 0.514. The Balaban J connectivity index is 0.000000247. The second-order valence-corrected chi connectivity index (χ2v) is 6.07. The predicted octanol–water partition coefficient (Wildman–Crippen LogP) is 7.28. The van der Waals surface area contributed by atoms with E-state index in [-0.39, 0.29) is 0 Å². The first-order chi connectivity index (χ1) is 11.3. The van der Waals surface area contributed by atoms with Crippen molar-refractivity contribution in [2.45, 2.75) is 65.7 Å². The van der Waals surface area contributed by atoms with Crippen molar-refractivity contribution in [1.82, 2.24) is 0 Å². The molecule has 1 aromatic carbocycles. The van der Waals surface area contributed by atoms with Gasteiger partial charge in [0.05, 0.1) is 0 Å². The van der Waals surface area contributed by atoms with Gasteiger partial charge in [-0.15, -0.1) is 0 Å². The van der Waals surface area contributed by atoms with Crippen LogP contribution in [0.25, 0.3) is 0 Å². The Morgan fingerprint density at radius 2 is 1.74 bits per heavy atom. The zero-order valence-corrected chi connectivity index (χ0v) is 15.3. The van der Waals surface area contributed by atoms with Gasteiger partial charge in [-0.25, -0.2) is 0 Å². The summed E-state index contributed by atoms with van der Waals surface area (Å²) in [6.07, 6.45) is 20.5. The van der Waals surface area contributed by atoms with Gasteiger partial charge in [-0.05, 0) is 63.4 Å². The van der Waals surface area contributed by atoms with Crippen LogP contribution in [-0.4, -0.2) is 0 Å². The van der Waals surface area contributed by atoms with E-state index in [9.17, 15) is 0 Å². The molecule has 0 amide bonds. The third-order valence-electron chi connectivity index (χ3n) is 4.18. The van der Waals surface area contributed by atoms with Gasteiger partial charge >= 0.3 is 0 Å². The number of benzene rings is 1. The van der Waals surface area contributed by atoms with E-state index >= 15 is 0 Å². The lowest BCUT2D eigenvalue weighted by Gasteiger charge is -2.15. The highest BCUT2D eigenvalue weighted by atomic mass is 14.1. The molecule has 2 aliphatic rings. The molecule has 0 saturated carbocycles. The summed E-state index contributed by atoms with van der Waals surface area (Å²) < 4.78 is 0. The summed E-state index contributed by atoms with van der Waals surface area (Å²) in [5, 5.41) is 0. The highest BCUT2D eigenvalue weighted by Crippen LogP contribution is 2.21. The van der Waals surface area contributed by atoms with Gasteiger partial charge in [-0.3, -0.25) is 0 Å². The molecule has 1 atom stereocenters. The van der Waals surface area contributed by atoms with E-state index in [4.69, 9.17) is 0 Å². The fourth-order valence-corrected chi connectivity index (χ4v) is 2.86. The molecule has 3 rings (SSSR count). The maximum absolute atomic E-state index is 2.41.